The van der Waals surface area contributed by atoms with Crippen LogP contribution in [0.2, 0.25) is 10.0 Å². The lowest BCUT2D eigenvalue weighted by Gasteiger charge is -2.40. The van der Waals surface area contributed by atoms with Crippen molar-refractivity contribution in [3.63, 3.8) is 0 Å². The summed E-state index contributed by atoms with van der Waals surface area (Å²) in [6.07, 6.45) is 15.2. The summed E-state index contributed by atoms with van der Waals surface area (Å²) in [5, 5.41) is 2.08. The Morgan fingerprint density at radius 3 is 2.22 bits per heavy atom. The molecule has 0 aliphatic carbocycles. The maximum atomic E-state index is 13.0. The first-order valence-electron chi connectivity index (χ1n) is 18.5. The molecule has 7 nitrogen and oxygen atoms in total. The normalized spacial score (nSPS) is 14.6. The highest BCUT2D eigenvalue weighted by molar-refractivity contribution is 6.43. The number of anilines is 1. The van der Waals surface area contributed by atoms with Gasteiger partial charge >= 0.3 is 5.97 Å². The molecule has 0 radical (unpaired) electrons. The number of ether oxygens (including phenoxy) is 3. The molecular weight excluding hydrogens is 657 g/mol. The number of piperazine rings is 1. The standard InChI is InChI=1S/C40H57Cl2N3O4/c1-5-7-8-9-10-11-12-13-14-17-24-40(3,4)39(46)48-30-47-36-29-35(31-20-15-16-22-33(31)43-36)49-37(19-6-2)45-27-25-44(26-28-45)34-23-18-21-32(41)38(34)42/h15-16,18,20-23,29,37H,5-14,17,19,24-28,30H2,1-4H3. The second-order valence-corrected chi connectivity index (χ2v) is 14.7. The average molecular weight is 715 g/mol. The Labute approximate surface area is 304 Å². The number of carbonyl (C=O) groups excluding carboxylic acids is 1. The van der Waals surface area contributed by atoms with Crippen LogP contribution in [-0.4, -0.2) is 55.1 Å². The van der Waals surface area contributed by atoms with Crippen LogP contribution in [0.1, 0.15) is 111 Å². The van der Waals surface area contributed by atoms with E-state index < -0.39 is 5.41 Å². The predicted octanol–water partition coefficient (Wildman–Crippen LogP) is 11.1. The monoisotopic (exact) mass is 713 g/mol. The summed E-state index contributed by atoms with van der Waals surface area (Å²) in [5.74, 6) is 0.818. The van der Waals surface area contributed by atoms with Crippen molar-refractivity contribution in [1.29, 1.82) is 0 Å². The zero-order valence-corrected chi connectivity index (χ0v) is 31.7. The molecule has 0 bridgehead atoms. The number of para-hydroxylation sites is 1. The molecule has 2 heterocycles. The number of hydrogen-bond donors (Lipinski definition) is 0. The van der Waals surface area contributed by atoms with Crippen molar-refractivity contribution < 1.29 is 19.0 Å². The van der Waals surface area contributed by atoms with Gasteiger partial charge in [-0.3, -0.25) is 9.69 Å². The van der Waals surface area contributed by atoms with Gasteiger partial charge in [0.1, 0.15) is 5.75 Å². The Balaban J connectivity index is 1.29. The molecule has 0 N–H and O–H groups in total. The SMILES string of the molecule is CCCCCCCCCCCCC(C)(C)C(=O)OCOc1cc(OC(CCC)N2CCN(c3cccc(Cl)c3Cl)CC2)c2ccccc2n1. The van der Waals surface area contributed by atoms with E-state index in [9.17, 15) is 4.79 Å². The Morgan fingerprint density at radius 1 is 0.857 bits per heavy atom. The number of hydrogen-bond acceptors (Lipinski definition) is 7. The van der Waals surface area contributed by atoms with E-state index in [1.165, 1.54) is 51.4 Å². The van der Waals surface area contributed by atoms with Crippen molar-refractivity contribution in [2.24, 2.45) is 5.41 Å². The third-order valence-corrected chi connectivity index (χ3v) is 10.4. The molecule has 0 amide bonds. The molecule has 1 aromatic heterocycles. The molecular formula is C40H57Cl2N3O4. The smallest absolute Gasteiger partial charge is 0.314 e. The summed E-state index contributed by atoms with van der Waals surface area (Å²) in [7, 11) is 0. The minimum Gasteiger partial charge on any atom is -0.474 e. The van der Waals surface area contributed by atoms with Crippen molar-refractivity contribution in [3.05, 3.63) is 58.6 Å². The number of esters is 1. The van der Waals surface area contributed by atoms with Gasteiger partial charge in [0.25, 0.3) is 0 Å². The summed E-state index contributed by atoms with van der Waals surface area (Å²) in [5.41, 5.74) is 1.16. The lowest BCUT2D eigenvalue weighted by molar-refractivity contribution is -0.161. The number of fused-ring (bicyclic) bond motifs is 1. The molecule has 49 heavy (non-hydrogen) atoms. The molecule has 1 fully saturated rings. The molecule has 0 spiro atoms. The highest BCUT2D eigenvalue weighted by Gasteiger charge is 2.29. The van der Waals surface area contributed by atoms with Crippen LogP contribution in [0.25, 0.3) is 10.9 Å². The quantitative estimate of drug-likeness (QED) is 0.0618. The molecule has 9 heteroatoms. The molecule has 3 aromatic rings. The van der Waals surface area contributed by atoms with Crippen LogP contribution in [0.5, 0.6) is 11.6 Å². The molecule has 1 unspecified atom stereocenters. The Hall–Kier alpha value is -2.74. The first-order chi connectivity index (χ1) is 23.7. The van der Waals surface area contributed by atoms with Gasteiger partial charge in [0, 0.05) is 37.6 Å². The zero-order chi connectivity index (χ0) is 35.1. The lowest BCUT2D eigenvalue weighted by Crippen LogP contribution is -2.52. The highest BCUT2D eigenvalue weighted by Crippen LogP contribution is 2.34. The van der Waals surface area contributed by atoms with Gasteiger partial charge in [-0.2, -0.15) is 0 Å². The number of carbonyl (C=O) groups is 1. The van der Waals surface area contributed by atoms with Crippen LogP contribution in [0.4, 0.5) is 5.69 Å². The molecule has 1 atom stereocenters. The van der Waals surface area contributed by atoms with E-state index >= 15 is 0 Å². The van der Waals surface area contributed by atoms with Crippen molar-refractivity contribution in [2.45, 2.75) is 117 Å². The summed E-state index contributed by atoms with van der Waals surface area (Å²) < 4.78 is 18.3. The Kier molecular flexibility index (Phi) is 16.1. The zero-order valence-electron chi connectivity index (χ0n) is 30.2. The van der Waals surface area contributed by atoms with Crippen LogP contribution in [0.3, 0.4) is 0 Å². The van der Waals surface area contributed by atoms with E-state index in [4.69, 9.17) is 37.4 Å². The number of nitrogens with zero attached hydrogens (tertiary/aromatic N) is 3. The van der Waals surface area contributed by atoms with E-state index in [1.54, 1.807) is 0 Å². The molecule has 0 saturated carbocycles. The maximum Gasteiger partial charge on any atom is 0.314 e. The van der Waals surface area contributed by atoms with E-state index in [0.717, 1.165) is 74.9 Å². The first kappa shape index (κ1) is 39.1. The van der Waals surface area contributed by atoms with Crippen LogP contribution in [0.15, 0.2) is 48.5 Å². The molecule has 1 aliphatic heterocycles. The molecule has 1 saturated heterocycles. The van der Waals surface area contributed by atoms with E-state index in [1.807, 2.05) is 62.4 Å². The van der Waals surface area contributed by atoms with Crippen LogP contribution in [0, 0.1) is 5.41 Å². The maximum absolute atomic E-state index is 13.0. The number of halogens is 2. The van der Waals surface area contributed by atoms with Gasteiger partial charge in [0.15, 0.2) is 6.23 Å². The van der Waals surface area contributed by atoms with Crippen molar-refractivity contribution >= 4 is 45.8 Å². The van der Waals surface area contributed by atoms with Crippen molar-refractivity contribution in [2.75, 3.05) is 37.9 Å². The number of aromatic nitrogens is 1. The van der Waals surface area contributed by atoms with E-state index in [2.05, 4.69) is 28.6 Å². The average Bonchev–Trinajstić information content (AvgIpc) is 3.10. The van der Waals surface area contributed by atoms with Gasteiger partial charge in [0.2, 0.25) is 12.7 Å². The first-order valence-corrected chi connectivity index (χ1v) is 19.3. The number of benzene rings is 2. The largest absolute Gasteiger partial charge is 0.474 e. The summed E-state index contributed by atoms with van der Waals surface area (Å²) in [6.45, 7) is 11.4. The van der Waals surface area contributed by atoms with Gasteiger partial charge in [-0.1, -0.05) is 126 Å². The molecule has 4 rings (SSSR count). The topological polar surface area (TPSA) is 64.1 Å². The Bertz CT molecular complexity index is 1440. The van der Waals surface area contributed by atoms with Gasteiger partial charge in [-0.25, -0.2) is 4.98 Å². The van der Waals surface area contributed by atoms with Crippen molar-refractivity contribution in [1.82, 2.24) is 9.88 Å². The highest BCUT2D eigenvalue weighted by atomic mass is 35.5. The van der Waals surface area contributed by atoms with Gasteiger partial charge in [0.05, 0.1) is 26.7 Å². The fourth-order valence-electron chi connectivity index (χ4n) is 6.48. The third kappa shape index (κ3) is 11.9. The van der Waals surface area contributed by atoms with Gasteiger partial charge in [-0.05, 0) is 51.0 Å². The van der Waals surface area contributed by atoms with Crippen LogP contribution in [-0.2, 0) is 9.53 Å². The fraction of sp³-hybridized carbons (Fsp3) is 0.600. The Morgan fingerprint density at radius 2 is 1.53 bits per heavy atom. The van der Waals surface area contributed by atoms with Crippen molar-refractivity contribution in [3.8, 4) is 11.6 Å². The molecule has 1 aliphatic rings. The lowest BCUT2D eigenvalue weighted by atomic mass is 9.87. The van der Waals surface area contributed by atoms with Crippen LogP contribution < -0.4 is 14.4 Å². The van der Waals surface area contributed by atoms with Crippen LogP contribution >= 0.6 is 23.2 Å². The minimum atomic E-state index is -0.565. The molecule has 270 valence electrons. The summed E-state index contributed by atoms with van der Waals surface area (Å²) in [4.78, 5) is 22.3. The summed E-state index contributed by atoms with van der Waals surface area (Å²) in [6, 6.07) is 15.5. The second-order valence-electron chi connectivity index (χ2n) is 13.9. The van der Waals surface area contributed by atoms with Gasteiger partial charge < -0.3 is 19.1 Å². The van der Waals surface area contributed by atoms with E-state index in [0.29, 0.717) is 21.7 Å². The minimum absolute atomic E-state index is 0.120. The predicted molar refractivity (Wildman–Crippen MR) is 203 cm³/mol. The number of unbranched alkanes of at least 4 members (excludes halogenated alkanes) is 9. The molecule has 2 aromatic carbocycles. The fourth-order valence-corrected chi connectivity index (χ4v) is 6.90. The number of pyridine rings is 1. The second kappa shape index (κ2) is 20.2. The summed E-state index contributed by atoms with van der Waals surface area (Å²) >= 11 is 12.8. The number of rotatable bonds is 21. The van der Waals surface area contributed by atoms with E-state index in [-0.39, 0.29) is 19.0 Å². The third-order valence-electron chi connectivity index (χ3n) is 9.55. The van der Waals surface area contributed by atoms with Gasteiger partial charge in [-0.15, -0.1) is 0 Å².